The molecule has 1 aromatic carbocycles. The van der Waals surface area contributed by atoms with Gasteiger partial charge in [0.25, 0.3) is 0 Å². The predicted molar refractivity (Wildman–Crippen MR) is 56.6 cm³/mol. The topological polar surface area (TPSA) is 93.3 Å². The quantitative estimate of drug-likeness (QED) is 0.664. The van der Waals surface area contributed by atoms with Crippen LogP contribution >= 0.6 is 0 Å². The molecule has 1 unspecified atom stereocenters. The Balaban J connectivity index is 3.04. The zero-order valence-corrected chi connectivity index (χ0v) is 8.71. The molecule has 0 saturated carbocycles. The van der Waals surface area contributed by atoms with Crippen molar-refractivity contribution >= 4 is 6.09 Å². The number of nitrogens with one attached hydrogen (secondary N) is 1. The minimum absolute atomic E-state index is 0.360. The van der Waals surface area contributed by atoms with Gasteiger partial charge in [-0.05, 0) is 6.92 Å². The van der Waals surface area contributed by atoms with E-state index < -0.39 is 17.7 Å². The molecule has 5 heteroatoms. The molecule has 16 heavy (non-hydrogen) atoms. The van der Waals surface area contributed by atoms with E-state index in [2.05, 4.69) is 5.32 Å². The summed E-state index contributed by atoms with van der Waals surface area (Å²) in [5.41, 5.74) is -1.50. The van der Waals surface area contributed by atoms with Crippen LogP contribution in [0.2, 0.25) is 0 Å². The Kier molecular flexibility index (Phi) is 3.48. The van der Waals surface area contributed by atoms with Gasteiger partial charge < -0.3 is 15.5 Å². The molecule has 84 valence electrons. The number of hydrogen-bond donors (Lipinski definition) is 3. The molecule has 0 aliphatic carbocycles. The maximum Gasteiger partial charge on any atom is 0.405 e. The van der Waals surface area contributed by atoms with E-state index in [0.717, 1.165) is 0 Å². The van der Waals surface area contributed by atoms with Crippen molar-refractivity contribution in [3.8, 4) is 6.07 Å². The normalized spacial score (nSPS) is 15.6. The summed E-state index contributed by atoms with van der Waals surface area (Å²) in [6.07, 6.45) is -1.28. The first kappa shape index (κ1) is 12.0. The molecule has 5 nitrogen and oxygen atoms in total. The Morgan fingerprint density at radius 3 is 2.50 bits per heavy atom. The van der Waals surface area contributed by atoms with Crippen molar-refractivity contribution < 1.29 is 15.0 Å². The maximum atomic E-state index is 10.5. The summed E-state index contributed by atoms with van der Waals surface area (Å²) in [4.78, 5) is 10.5. The van der Waals surface area contributed by atoms with Crippen molar-refractivity contribution in [2.24, 2.45) is 0 Å². The van der Waals surface area contributed by atoms with Gasteiger partial charge in [0.15, 0.2) is 5.60 Å². The molecule has 0 bridgehead atoms. The third kappa shape index (κ3) is 2.30. The van der Waals surface area contributed by atoms with Gasteiger partial charge in [-0.1, -0.05) is 30.3 Å². The summed E-state index contributed by atoms with van der Waals surface area (Å²) >= 11 is 0. The number of aliphatic hydroxyl groups is 1. The first-order chi connectivity index (χ1) is 7.50. The third-order valence-corrected chi connectivity index (χ3v) is 2.35. The van der Waals surface area contributed by atoms with Crippen LogP contribution in [0.15, 0.2) is 30.3 Å². The van der Waals surface area contributed by atoms with E-state index in [0.29, 0.717) is 5.56 Å². The minimum atomic E-state index is -1.86. The van der Waals surface area contributed by atoms with Gasteiger partial charge in [0, 0.05) is 5.56 Å². The number of amides is 1. The van der Waals surface area contributed by atoms with Gasteiger partial charge >= 0.3 is 6.09 Å². The van der Waals surface area contributed by atoms with Crippen molar-refractivity contribution in [1.82, 2.24) is 5.32 Å². The van der Waals surface area contributed by atoms with Gasteiger partial charge in [-0.25, -0.2) is 4.79 Å². The van der Waals surface area contributed by atoms with Crippen LogP contribution in [0.1, 0.15) is 12.5 Å². The Morgan fingerprint density at radius 2 is 2.06 bits per heavy atom. The highest BCUT2D eigenvalue weighted by Crippen LogP contribution is 2.24. The molecule has 2 atom stereocenters. The average Bonchev–Trinajstić information content (AvgIpc) is 2.28. The van der Waals surface area contributed by atoms with Gasteiger partial charge in [-0.2, -0.15) is 5.26 Å². The highest BCUT2D eigenvalue weighted by molar-refractivity contribution is 5.65. The number of nitriles is 1. The molecule has 1 rings (SSSR count). The van der Waals surface area contributed by atoms with Crippen molar-refractivity contribution in [3.05, 3.63) is 35.9 Å². The van der Waals surface area contributed by atoms with E-state index in [1.165, 1.54) is 6.92 Å². The summed E-state index contributed by atoms with van der Waals surface area (Å²) in [6.45, 7) is 1.43. The first-order valence-corrected chi connectivity index (χ1v) is 4.69. The lowest BCUT2D eigenvalue weighted by molar-refractivity contribution is 0.0591. The molecule has 0 saturated heterocycles. The van der Waals surface area contributed by atoms with E-state index in [1.54, 1.807) is 36.4 Å². The Hall–Kier alpha value is -2.06. The molecule has 1 aromatic rings. The van der Waals surface area contributed by atoms with Crippen LogP contribution in [0.4, 0.5) is 4.79 Å². The number of hydrogen-bond acceptors (Lipinski definition) is 3. The fourth-order valence-electron chi connectivity index (χ4n) is 1.39. The molecular formula is C11H12N2O3. The second-order valence-corrected chi connectivity index (χ2v) is 3.42. The fourth-order valence-corrected chi connectivity index (χ4v) is 1.39. The Labute approximate surface area is 92.9 Å². The molecule has 0 aliphatic rings. The standard InChI is InChI=1S/C11H12N2O3/c1-8(13-10(14)15)11(16,7-12)9-5-3-2-4-6-9/h2-6,8,13,16H,1H3,(H,14,15)/t8?,11-/m0/s1. The molecule has 0 aromatic heterocycles. The van der Waals surface area contributed by atoms with E-state index in [-0.39, 0.29) is 0 Å². The summed E-state index contributed by atoms with van der Waals surface area (Å²) in [5.74, 6) is 0. The van der Waals surface area contributed by atoms with Crippen molar-refractivity contribution in [2.75, 3.05) is 0 Å². The molecule has 0 aliphatic heterocycles. The summed E-state index contributed by atoms with van der Waals surface area (Å²) < 4.78 is 0. The largest absolute Gasteiger partial charge is 0.465 e. The lowest BCUT2D eigenvalue weighted by Crippen LogP contribution is -2.47. The van der Waals surface area contributed by atoms with Gasteiger partial charge in [0.05, 0.1) is 6.04 Å². The van der Waals surface area contributed by atoms with Crippen LogP contribution in [0.3, 0.4) is 0 Å². The van der Waals surface area contributed by atoms with E-state index >= 15 is 0 Å². The Bertz CT molecular complexity index is 413. The van der Waals surface area contributed by atoms with Gasteiger partial charge in [-0.15, -0.1) is 0 Å². The summed E-state index contributed by atoms with van der Waals surface area (Å²) in [5, 5.41) is 29.7. The summed E-state index contributed by atoms with van der Waals surface area (Å²) in [7, 11) is 0. The van der Waals surface area contributed by atoms with Gasteiger partial charge in [0.2, 0.25) is 0 Å². The lowest BCUT2D eigenvalue weighted by Gasteiger charge is -2.27. The molecule has 0 fully saturated rings. The lowest BCUT2D eigenvalue weighted by atomic mass is 9.89. The minimum Gasteiger partial charge on any atom is -0.465 e. The maximum absolute atomic E-state index is 10.5. The third-order valence-electron chi connectivity index (χ3n) is 2.35. The molecule has 0 spiro atoms. The van der Waals surface area contributed by atoms with E-state index in [9.17, 15) is 9.90 Å². The summed E-state index contributed by atoms with van der Waals surface area (Å²) in [6, 6.07) is 9.05. The smallest absolute Gasteiger partial charge is 0.405 e. The van der Waals surface area contributed by atoms with Crippen LogP contribution in [0, 0.1) is 11.3 Å². The van der Waals surface area contributed by atoms with Crippen LogP contribution < -0.4 is 5.32 Å². The SMILES string of the molecule is CC(NC(=O)O)[C@@](O)(C#N)c1ccccc1. The molecule has 0 radical (unpaired) electrons. The number of benzene rings is 1. The van der Waals surface area contributed by atoms with Crippen molar-refractivity contribution in [3.63, 3.8) is 0 Å². The monoisotopic (exact) mass is 220 g/mol. The van der Waals surface area contributed by atoms with Crippen LogP contribution in [0.25, 0.3) is 0 Å². The number of carbonyl (C=O) groups is 1. The van der Waals surface area contributed by atoms with Crippen LogP contribution in [0.5, 0.6) is 0 Å². The van der Waals surface area contributed by atoms with Crippen molar-refractivity contribution in [1.29, 1.82) is 5.26 Å². The zero-order chi connectivity index (χ0) is 12.2. The van der Waals surface area contributed by atoms with Crippen LogP contribution in [-0.4, -0.2) is 22.3 Å². The highest BCUT2D eigenvalue weighted by Gasteiger charge is 2.36. The number of carboxylic acid groups (broad SMARTS) is 1. The average molecular weight is 220 g/mol. The molecule has 0 heterocycles. The van der Waals surface area contributed by atoms with Gasteiger partial charge in [0.1, 0.15) is 6.07 Å². The predicted octanol–water partition coefficient (Wildman–Crippen LogP) is 1.05. The fraction of sp³-hybridized carbons (Fsp3) is 0.273. The van der Waals surface area contributed by atoms with E-state index in [1.807, 2.05) is 0 Å². The zero-order valence-electron chi connectivity index (χ0n) is 8.71. The van der Waals surface area contributed by atoms with Crippen molar-refractivity contribution in [2.45, 2.75) is 18.6 Å². The molecule has 1 amide bonds. The second-order valence-electron chi connectivity index (χ2n) is 3.42. The first-order valence-electron chi connectivity index (χ1n) is 4.69. The van der Waals surface area contributed by atoms with Crippen LogP contribution in [-0.2, 0) is 5.60 Å². The molecular weight excluding hydrogens is 208 g/mol. The number of rotatable bonds is 3. The Morgan fingerprint density at radius 1 is 1.50 bits per heavy atom. The number of nitrogens with zero attached hydrogens (tertiary/aromatic N) is 1. The highest BCUT2D eigenvalue weighted by atomic mass is 16.4. The van der Waals surface area contributed by atoms with E-state index in [4.69, 9.17) is 10.4 Å². The van der Waals surface area contributed by atoms with Gasteiger partial charge in [-0.3, -0.25) is 0 Å². The second kappa shape index (κ2) is 4.64. The molecule has 3 N–H and O–H groups in total.